The van der Waals surface area contributed by atoms with Gasteiger partial charge in [0.1, 0.15) is 10.7 Å². The van der Waals surface area contributed by atoms with Crippen LogP contribution in [-0.4, -0.2) is 26.5 Å². The normalized spacial score (nSPS) is 15.8. The molecule has 0 saturated heterocycles. The summed E-state index contributed by atoms with van der Waals surface area (Å²) in [7, 11) is -2.24. The monoisotopic (exact) mass is 394 g/mol. The number of carbonyl (C=O) groups excluding carboxylic acids is 1. The topological polar surface area (TPSA) is 100 Å². The highest BCUT2D eigenvalue weighted by molar-refractivity contribution is 7.89. The molecule has 3 N–H and O–H groups in total. The van der Waals surface area contributed by atoms with Crippen molar-refractivity contribution in [3.05, 3.63) is 53.2 Å². The molecule has 1 saturated carbocycles. The van der Waals surface area contributed by atoms with Crippen molar-refractivity contribution in [2.45, 2.75) is 29.7 Å². The first-order chi connectivity index (χ1) is 12.3. The third-order valence-electron chi connectivity index (χ3n) is 4.51. The van der Waals surface area contributed by atoms with Crippen LogP contribution in [0.5, 0.6) is 0 Å². The molecule has 0 unspecified atom stereocenters. The molecule has 1 heterocycles. The van der Waals surface area contributed by atoms with Crippen molar-refractivity contribution in [1.29, 1.82) is 0 Å². The Hall–Kier alpha value is -2.16. The van der Waals surface area contributed by atoms with E-state index >= 15 is 0 Å². The number of hydrogen-bond donors (Lipinski definition) is 3. The summed E-state index contributed by atoms with van der Waals surface area (Å²) in [6.45, 7) is 0. The smallest absolute Gasteiger partial charge is 0.321 e. The van der Waals surface area contributed by atoms with Gasteiger partial charge in [0, 0.05) is 11.2 Å². The van der Waals surface area contributed by atoms with Gasteiger partial charge in [0.05, 0.1) is 5.54 Å². The molecule has 3 rings (SSSR count). The fraction of sp³-hybridized carbons (Fsp3) is 0.294. The number of amides is 2. The minimum Gasteiger partial charge on any atom is -0.328 e. The second kappa shape index (κ2) is 7.22. The van der Waals surface area contributed by atoms with E-state index in [1.807, 2.05) is 12.1 Å². The van der Waals surface area contributed by atoms with Crippen LogP contribution in [0.25, 0.3) is 0 Å². The lowest BCUT2D eigenvalue weighted by molar-refractivity contribution is 0.185. The van der Waals surface area contributed by atoms with Crippen LogP contribution >= 0.6 is 11.6 Å². The van der Waals surface area contributed by atoms with Crippen molar-refractivity contribution < 1.29 is 13.2 Å². The van der Waals surface area contributed by atoms with Crippen LogP contribution in [0.2, 0.25) is 5.02 Å². The summed E-state index contributed by atoms with van der Waals surface area (Å²) in [5.74, 6) is 0.267. The van der Waals surface area contributed by atoms with Crippen molar-refractivity contribution in [1.82, 2.24) is 15.0 Å². The van der Waals surface area contributed by atoms with Gasteiger partial charge in [0.25, 0.3) is 0 Å². The second-order valence-electron chi connectivity index (χ2n) is 6.11. The maximum atomic E-state index is 12.4. The number of sulfonamides is 1. The largest absolute Gasteiger partial charge is 0.328 e. The summed E-state index contributed by atoms with van der Waals surface area (Å²) in [6.07, 6.45) is 3.90. The van der Waals surface area contributed by atoms with Gasteiger partial charge >= 0.3 is 6.03 Å². The van der Waals surface area contributed by atoms with E-state index in [1.165, 1.54) is 25.4 Å². The summed E-state index contributed by atoms with van der Waals surface area (Å²) in [6, 6.07) is 9.87. The van der Waals surface area contributed by atoms with E-state index in [-0.39, 0.29) is 10.7 Å². The van der Waals surface area contributed by atoms with E-state index in [9.17, 15) is 13.2 Å². The number of benzene rings is 1. The van der Waals surface area contributed by atoms with Crippen molar-refractivity contribution in [3.8, 4) is 0 Å². The Morgan fingerprint density at radius 2 is 1.85 bits per heavy atom. The molecule has 1 aliphatic carbocycles. The van der Waals surface area contributed by atoms with Crippen LogP contribution in [0, 0.1) is 0 Å². The first-order valence-electron chi connectivity index (χ1n) is 8.09. The number of urea groups is 1. The minimum absolute atomic E-state index is 0.0302. The lowest BCUT2D eigenvalue weighted by atomic mass is 9.72. The number of aromatic nitrogens is 1. The standard InChI is InChI=1S/C17H19ClN4O3S/c1-19-26(24,25)14-7-8-15(20-11-14)21-16(23)22-17(9-2-10-17)12-3-5-13(18)6-4-12/h3-8,11,19H,2,9-10H2,1H3,(H2,20,21,22,23). The number of nitrogens with zero attached hydrogens (tertiary/aromatic N) is 1. The summed E-state index contributed by atoms with van der Waals surface area (Å²) >= 11 is 5.94. The molecule has 1 aromatic heterocycles. The molecular formula is C17H19ClN4O3S. The molecule has 1 aliphatic rings. The third kappa shape index (κ3) is 3.82. The van der Waals surface area contributed by atoms with Gasteiger partial charge < -0.3 is 5.32 Å². The maximum Gasteiger partial charge on any atom is 0.321 e. The van der Waals surface area contributed by atoms with Crippen molar-refractivity contribution >= 4 is 33.5 Å². The van der Waals surface area contributed by atoms with Crippen LogP contribution in [0.4, 0.5) is 10.6 Å². The molecule has 26 heavy (non-hydrogen) atoms. The summed E-state index contributed by atoms with van der Waals surface area (Å²) in [4.78, 5) is 16.4. The molecule has 2 aromatic rings. The molecular weight excluding hydrogens is 376 g/mol. The Bertz CT molecular complexity index is 895. The van der Waals surface area contributed by atoms with E-state index in [2.05, 4.69) is 20.3 Å². The average molecular weight is 395 g/mol. The van der Waals surface area contributed by atoms with Crippen LogP contribution in [0.1, 0.15) is 24.8 Å². The molecule has 0 radical (unpaired) electrons. The van der Waals surface area contributed by atoms with Crippen LogP contribution in [0.3, 0.4) is 0 Å². The highest BCUT2D eigenvalue weighted by Crippen LogP contribution is 2.41. The van der Waals surface area contributed by atoms with E-state index in [1.54, 1.807) is 12.1 Å². The van der Waals surface area contributed by atoms with Gasteiger partial charge in [-0.2, -0.15) is 0 Å². The third-order valence-corrected chi connectivity index (χ3v) is 6.17. The zero-order chi connectivity index (χ0) is 18.8. The van der Waals surface area contributed by atoms with E-state index in [0.717, 1.165) is 24.8 Å². The molecule has 9 heteroatoms. The highest BCUT2D eigenvalue weighted by atomic mass is 35.5. The number of anilines is 1. The minimum atomic E-state index is -3.56. The van der Waals surface area contributed by atoms with Gasteiger partial charge in [-0.25, -0.2) is 22.9 Å². The Balaban J connectivity index is 1.69. The quantitative estimate of drug-likeness (QED) is 0.725. The fourth-order valence-corrected chi connectivity index (χ4v) is 3.68. The zero-order valence-electron chi connectivity index (χ0n) is 14.1. The summed E-state index contributed by atoms with van der Waals surface area (Å²) < 4.78 is 25.6. The van der Waals surface area contributed by atoms with Crippen molar-refractivity contribution in [2.24, 2.45) is 0 Å². The number of halogens is 1. The molecule has 2 amide bonds. The van der Waals surface area contributed by atoms with Crippen molar-refractivity contribution in [2.75, 3.05) is 12.4 Å². The fourth-order valence-electron chi connectivity index (χ4n) is 2.88. The molecule has 1 aromatic carbocycles. The van der Waals surface area contributed by atoms with Gasteiger partial charge in [-0.3, -0.25) is 5.32 Å². The predicted molar refractivity (Wildman–Crippen MR) is 99.6 cm³/mol. The van der Waals surface area contributed by atoms with Gasteiger partial charge in [-0.1, -0.05) is 23.7 Å². The molecule has 0 spiro atoms. The summed E-state index contributed by atoms with van der Waals surface area (Å²) in [5, 5.41) is 6.29. The highest BCUT2D eigenvalue weighted by Gasteiger charge is 2.40. The number of rotatable bonds is 5. The Morgan fingerprint density at radius 3 is 2.35 bits per heavy atom. The van der Waals surface area contributed by atoms with E-state index in [0.29, 0.717) is 5.02 Å². The Morgan fingerprint density at radius 1 is 1.15 bits per heavy atom. The van der Waals surface area contributed by atoms with Gasteiger partial charge in [0.15, 0.2) is 0 Å². The number of nitrogens with one attached hydrogen (secondary N) is 3. The molecule has 0 bridgehead atoms. The van der Waals surface area contributed by atoms with E-state index in [4.69, 9.17) is 11.6 Å². The van der Waals surface area contributed by atoms with E-state index < -0.39 is 21.6 Å². The van der Waals surface area contributed by atoms with Crippen LogP contribution in [-0.2, 0) is 15.6 Å². The SMILES string of the molecule is CNS(=O)(=O)c1ccc(NC(=O)NC2(c3ccc(Cl)cc3)CCC2)nc1. The average Bonchev–Trinajstić information content (AvgIpc) is 2.59. The second-order valence-corrected chi connectivity index (χ2v) is 8.43. The zero-order valence-corrected chi connectivity index (χ0v) is 15.7. The molecule has 7 nitrogen and oxygen atoms in total. The number of pyridine rings is 1. The Kier molecular flexibility index (Phi) is 5.17. The first kappa shape index (κ1) is 18.6. The molecule has 0 atom stereocenters. The van der Waals surface area contributed by atoms with Gasteiger partial charge in [-0.05, 0) is 56.1 Å². The maximum absolute atomic E-state index is 12.4. The molecule has 1 fully saturated rings. The number of hydrogen-bond acceptors (Lipinski definition) is 4. The Labute approximate surface area is 157 Å². The van der Waals surface area contributed by atoms with Gasteiger partial charge in [-0.15, -0.1) is 0 Å². The predicted octanol–water partition coefficient (Wildman–Crippen LogP) is 2.84. The number of carbonyl (C=O) groups is 1. The van der Waals surface area contributed by atoms with Crippen LogP contribution < -0.4 is 15.4 Å². The molecule has 138 valence electrons. The van der Waals surface area contributed by atoms with Crippen molar-refractivity contribution in [3.63, 3.8) is 0 Å². The lowest BCUT2D eigenvalue weighted by Gasteiger charge is -2.43. The summed E-state index contributed by atoms with van der Waals surface area (Å²) in [5.41, 5.74) is 0.594. The molecule has 0 aliphatic heterocycles. The van der Waals surface area contributed by atoms with Crippen LogP contribution in [0.15, 0.2) is 47.5 Å². The van der Waals surface area contributed by atoms with Gasteiger partial charge in [0.2, 0.25) is 10.0 Å². The lowest BCUT2D eigenvalue weighted by Crippen LogP contribution is -2.52. The first-order valence-corrected chi connectivity index (χ1v) is 9.96.